The number of rotatable bonds is 6. The van der Waals surface area contributed by atoms with Crippen molar-refractivity contribution in [3.05, 3.63) is 30.1 Å². The fourth-order valence-electron chi connectivity index (χ4n) is 2.16. The molecule has 1 aromatic carbocycles. The third kappa shape index (κ3) is 3.95. The lowest BCUT2D eigenvalue weighted by molar-refractivity contribution is -0.120. The summed E-state index contributed by atoms with van der Waals surface area (Å²) in [7, 11) is 0. The summed E-state index contributed by atoms with van der Waals surface area (Å²) in [6, 6.07) is 8.10. The summed E-state index contributed by atoms with van der Waals surface area (Å²) in [5.74, 6) is 1.03. The number of carbonyl (C=O) groups is 1. The number of nitrogens with zero attached hydrogens (tertiary/aromatic N) is 2. The number of carbonyl (C=O) groups excluding carboxylic acids is 1. The van der Waals surface area contributed by atoms with Gasteiger partial charge in [-0.3, -0.25) is 4.79 Å². The quantitative estimate of drug-likeness (QED) is 0.796. The van der Waals surface area contributed by atoms with Crippen molar-refractivity contribution in [3.63, 3.8) is 0 Å². The number of benzene rings is 1. The third-order valence-electron chi connectivity index (χ3n) is 3.10. The van der Waals surface area contributed by atoms with Gasteiger partial charge in [0, 0.05) is 26.1 Å². The largest absolute Gasteiger partial charge is 0.356 e. The van der Waals surface area contributed by atoms with Crippen LogP contribution in [0.15, 0.2) is 24.3 Å². The first-order valence-corrected chi connectivity index (χ1v) is 6.61. The summed E-state index contributed by atoms with van der Waals surface area (Å²) in [4.78, 5) is 15.8. The number of aromatic nitrogens is 2. The molecule has 6 heteroatoms. The van der Waals surface area contributed by atoms with Gasteiger partial charge in [0.15, 0.2) is 0 Å². The molecule has 1 heterocycles. The number of halogens is 1. The van der Waals surface area contributed by atoms with E-state index in [1.165, 1.54) is 0 Å². The van der Waals surface area contributed by atoms with Crippen molar-refractivity contribution in [3.8, 4) is 0 Å². The van der Waals surface area contributed by atoms with E-state index in [9.17, 15) is 4.79 Å². The molecular formula is C14H21ClN4O. The Morgan fingerprint density at radius 1 is 1.40 bits per heavy atom. The molecule has 1 amide bonds. The zero-order valence-corrected chi connectivity index (χ0v) is 12.4. The Morgan fingerprint density at radius 3 is 2.90 bits per heavy atom. The van der Waals surface area contributed by atoms with E-state index in [1.807, 2.05) is 25.1 Å². The highest BCUT2D eigenvalue weighted by molar-refractivity contribution is 5.85. The van der Waals surface area contributed by atoms with E-state index in [4.69, 9.17) is 5.73 Å². The molecule has 2 rings (SSSR count). The van der Waals surface area contributed by atoms with Gasteiger partial charge in [0.2, 0.25) is 5.91 Å². The van der Waals surface area contributed by atoms with Crippen molar-refractivity contribution in [2.24, 2.45) is 5.73 Å². The van der Waals surface area contributed by atoms with E-state index in [1.54, 1.807) is 0 Å². The highest BCUT2D eigenvalue weighted by atomic mass is 35.5. The van der Waals surface area contributed by atoms with Crippen molar-refractivity contribution >= 4 is 29.3 Å². The molecule has 1 aromatic heterocycles. The van der Waals surface area contributed by atoms with Crippen LogP contribution in [0.25, 0.3) is 11.0 Å². The van der Waals surface area contributed by atoms with Crippen molar-refractivity contribution in [2.75, 3.05) is 13.1 Å². The molecule has 20 heavy (non-hydrogen) atoms. The highest BCUT2D eigenvalue weighted by Gasteiger charge is 2.06. The summed E-state index contributed by atoms with van der Waals surface area (Å²) in [6.07, 6.45) is 1.28. The van der Waals surface area contributed by atoms with Crippen molar-refractivity contribution in [1.29, 1.82) is 0 Å². The minimum Gasteiger partial charge on any atom is -0.356 e. The normalized spacial score (nSPS) is 10.3. The van der Waals surface area contributed by atoms with Crippen molar-refractivity contribution in [1.82, 2.24) is 14.9 Å². The molecule has 2 aromatic rings. The average Bonchev–Trinajstić information content (AvgIpc) is 2.71. The fourth-order valence-corrected chi connectivity index (χ4v) is 2.16. The van der Waals surface area contributed by atoms with E-state index < -0.39 is 0 Å². The zero-order chi connectivity index (χ0) is 13.7. The van der Waals surface area contributed by atoms with Crippen LogP contribution >= 0.6 is 12.4 Å². The zero-order valence-electron chi connectivity index (χ0n) is 11.6. The number of amides is 1. The molecule has 0 fully saturated rings. The van der Waals surface area contributed by atoms with Gasteiger partial charge in [-0.25, -0.2) is 4.98 Å². The van der Waals surface area contributed by atoms with E-state index in [-0.39, 0.29) is 18.3 Å². The number of hydrogen-bond donors (Lipinski definition) is 2. The third-order valence-corrected chi connectivity index (χ3v) is 3.10. The minimum atomic E-state index is 0. The molecular weight excluding hydrogens is 276 g/mol. The number of hydrogen-bond acceptors (Lipinski definition) is 3. The molecule has 0 unspecified atom stereocenters. The summed E-state index contributed by atoms with van der Waals surface area (Å²) < 4.78 is 2.18. The van der Waals surface area contributed by atoms with E-state index in [0.29, 0.717) is 19.5 Å². The van der Waals surface area contributed by atoms with Gasteiger partial charge in [-0.2, -0.15) is 0 Å². The van der Waals surface area contributed by atoms with Gasteiger partial charge in [-0.1, -0.05) is 12.1 Å². The van der Waals surface area contributed by atoms with Crippen LogP contribution in [0.4, 0.5) is 0 Å². The van der Waals surface area contributed by atoms with E-state index in [0.717, 1.165) is 29.8 Å². The second kappa shape index (κ2) is 7.87. The summed E-state index contributed by atoms with van der Waals surface area (Å²) in [5.41, 5.74) is 7.49. The van der Waals surface area contributed by atoms with Crippen LogP contribution in [0.1, 0.15) is 18.7 Å². The van der Waals surface area contributed by atoms with Crippen LogP contribution in [0.5, 0.6) is 0 Å². The molecule has 3 N–H and O–H groups in total. The number of aryl methyl sites for hydroxylation is 2. The van der Waals surface area contributed by atoms with Crippen LogP contribution in [-0.2, 0) is 11.3 Å². The first-order chi connectivity index (χ1) is 9.22. The molecule has 5 nitrogen and oxygen atoms in total. The van der Waals surface area contributed by atoms with Crippen LogP contribution in [-0.4, -0.2) is 28.5 Å². The smallest absolute Gasteiger partial charge is 0.221 e. The van der Waals surface area contributed by atoms with Gasteiger partial charge in [0.25, 0.3) is 0 Å². The monoisotopic (exact) mass is 296 g/mol. The Kier molecular flexibility index (Phi) is 6.48. The maximum absolute atomic E-state index is 11.3. The number of nitrogens with two attached hydrogens (primary N) is 1. The average molecular weight is 297 g/mol. The Balaban J connectivity index is 0.00000200. The van der Waals surface area contributed by atoms with Gasteiger partial charge >= 0.3 is 0 Å². The summed E-state index contributed by atoms with van der Waals surface area (Å²) in [5, 5.41) is 2.86. The number of imidazole rings is 1. The molecule has 0 saturated carbocycles. The fraction of sp³-hybridized carbons (Fsp3) is 0.429. The minimum absolute atomic E-state index is 0. The Labute approximate surface area is 125 Å². The van der Waals surface area contributed by atoms with E-state index >= 15 is 0 Å². The molecule has 0 atom stereocenters. The van der Waals surface area contributed by atoms with Crippen LogP contribution in [0, 0.1) is 6.92 Å². The molecule has 0 saturated heterocycles. The molecule has 0 aliphatic heterocycles. The Morgan fingerprint density at radius 2 is 2.15 bits per heavy atom. The number of para-hydroxylation sites is 2. The predicted octanol–water partition coefficient (Wildman–Crippen LogP) is 1.62. The Bertz CT molecular complexity index is 567. The lowest BCUT2D eigenvalue weighted by atomic mass is 10.3. The second-order valence-corrected chi connectivity index (χ2v) is 4.54. The topological polar surface area (TPSA) is 72.9 Å². The Hall–Kier alpha value is -1.59. The number of fused-ring (bicyclic) bond motifs is 1. The van der Waals surface area contributed by atoms with Gasteiger partial charge in [-0.15, -0.1) is 12.4 Å². The first kappa shape index (κ1) is 16.5. The molecule has 0 aliphatic carbocycles. The molecule has 0 spiro atoms. The van der Waals surface area contributed by atoms with Crippen LogP contribution in [0.3, 0.4) is 0 Å². The van der Waals surface area contributed by atoms with Gasteiger partial charge in [-0.05, 0) is 25.5 Å². The summed E-state index contributed by atoms with van der Waals surface area (Å²) in [6.45, 7) is 3.93. The number of nitrogens with one attached hydrogen (secondary N) is 1. The lowest BCUT2D eigenvalue weighted by Gasteiger charge is -2.08. The summed E-state index contributed by atoms with van der Waals surface area (Å²) >= 11 is 0. The van der Waals surface area contributed by atoms with Crippen molar-refractivity contribution in [2.45, 2.75) is 26.3 Å². The molecule has 110 valence electrons. The van der Waals surface area contributed by atoms with Crippen LogP contribution in [0.2, 0.25) is 0 Å². The molecule has 0 bridgehead atoms. The van der Waals surface area contributed by atoms with Crippen molar-refractivity contribution < 1.29 is 4.79 Å². The predicted molar refractivity (Wildman–Crippen MR) is 83.0 cm³/mol. The molecule has 0 aliphatic rings. The second-order valence-electron chi connectivity index (χ2n) is 4.54. The van der Waals surface area contributed by atoms with Gasteiger partial charge in [0.1, 0.15) is 5.82 Å². The SMILES string of the molecule is Cc1nc2ccccc2n1CCCNC(=O)CCN.Cl. The van der Waals surface area contributed by atoms with Gasteiger partial charge < -0.3 is 15.6 Å². The van der Waals surface area contributed by atoms with Gasteiger partial charge in [0.05, 0.1) is 11.0 Å². The maximum atomic E-state index is 11.3. The van der Waals surface area contributed by atoms with E-state index in [2.05, 4.69) is 20.9 Å². The first-order valence-electron chi connectivity index (χ1n) is 6.61. The highest BCUT2D eigenvalue weighted by Crippen LogP contribution is 2.15. The lowest BCUT2D eigenvalue weighted by Crippen LogP contribution is -2.27. The maximum Gasteiger partial charge on any atom is 0.221 e. The van der Waals surface area contributed by atoms with Crippen LogP contribution < -0.4 is 11.1 Å². The molecule has 0 radical (unpaired) electrons. The standard InChI is InChI=1S/C14H20N4O.ClH/c1-11-17-12-5-2-3-6-13(12)18(11)10-4-9-16-14(19)7-8-15;/h2-3,5-6H,4,7-10,15H2,1H3,(H,16,19);1H.